The van der Waals surface area contributed by atoms with Gasteiger partial charge in [0, 0.05) is 26.0 Å². The Balaban J connectivity index is 1.38. The summed E-state index contributed by atoms with van der Waals surface area (Å²) in [6.45, 7) is 0.521. The van der Waals surface area contributed by atoms with Gasteiger partial charge >= 0.3 is 12.1 Å². The maximum absolute atomic E-state index is 12.1. The number of ether oxygens (including phenoxy) is 2. The second-order valence-electron chi connectivity index (χ2n) is 7.62. The van der Waals surface area contributed by atoms with E-state index in [1.807, 2.05) is 24.3 Å². The second-order valence-corrected chi connectivity index (χ2v) is 7.62. The second kappa shape index (κ2) is 11.3. The first-order valence-corrected chi connectivity index (χ1v) is 10.6. The molecule has 2 aromatic carbocycles. The highest BCUT2D eigenvalue weighted by Crippen LogP contribution is 2.44. The fourth-order valence-electron chi connectivity index (χ4n) is 3.86. The molecule has 8 heteroatoms. The van der Waals surface area contributed by atoms with Crippen LogP contribution in [-0.4, -0.2) is 56.0 Å². The third-order valence-corrected chi connectivity index (χ3v) is 5.41. The molecule has 0 aliphatic heterocycles. The molecule has 0 spiro atoms. The number of nitrogens with one attached hydrogen (secondary N) is 2. The van der Waals surface area contributed by atoms with E-state index in [0.717, 1.165) is 11.1 Å². The predicted molar refractivity (Wildman–Crippen MR) is 118 cm³/mol. The molecule has 1 aliphatic carbocycles. The number of carboxylic acids is 1. The molecular weight excluding hydrogens is 412 g/mol. The molecule has 1 unspecified atom stereocenters. The lowest BCUT2D eigenvalue weighted by Gasteiger charge is -2.15. The zero-order valence-electron chi connectivity index (χ0n) is 18.0. The molecule has 3 rings (SSSR count). The van der Waals surface area contributed by atoms with Crippen molar-refractivity contribution in [2.75, 3.05) is 26.9 Å². The smallest absolute Gasteiger partial charge is 0.407 e. The molecule has 8 nitrogen and oxygen atoms in total. The number of methoxy groups -OCH3 is 1. The number of hydrogen-bond acceptors (Lipinski definition) is 5. The van der Waals surface area contributed by atoms with Gasteiger partial charge in [0.1, 0.15) is 6.61 Å². The number of aliphatic carboxylic acids is 1. The van der Waals surface area contributed by atoms with Crippen LogP contribution in [0.15, 0.2) is 48.5 Å². The monoisotopic (exact) mass is 440 g/mol. The van der Waals surface area contributed by atoms with Gasteiger partial charge in [0.15, 0.2) is 6.04 Å². The van der Waals surface area contributed by atoms with E-state index < -0.39 is 18.1 Å². The van der Waals surface area contributed by atoms with Crippen molar-refractivity contribution in [3.8, 4) is 11.1 Å². The van der Waals surface area contributed by atoms with Crippen molar-refractivity contribution in [2.45, 2.75) is 31.2 Å². The summed E-state index contributed by atoms with van der Waals surface area (Å²) in [5.41, 5.74) is 4.65. The van der Waals surface area contributed by atoms with Crippen LogP contribution in [0.25, 0.3) is 11.1 Å². The first kappa shape index (κ1) is 23.3. The average Bonchev–Trinajstić information content (AvgIpc) is 3.11. The molecule has 2 aromatic rings. The minimum Gasteiger partial charge on any atom is -0.480 e. The lowest BCUT2D eigenvalue weighted by Crippen LogP contribution is -2.43. The zero-order valence-corrected chi connectivity index (χ0v) is 18.0. The Bertz CT molecular complexity index is 916. The number of rotatable bonds is 11. The first-order valence-electron chi connectivity index (χ1n) is 10.6. The highest BCUT2D eigenvalue weighted by molar-refractivity contribution is 5.83. The molecule has 0 radical (unpaired) electrons. The van der Waals surface area contributed by atoms with Gasteiger partial charge in [0.25, 0.3) is 0 Å². The molecule has 2 amide bonds. The molecule has 3 N–H and O–H groups in total. The van der Waals surface area contributed by atoms with Gasteiger partial charge in [-0.15, -0.1) is 0 Å². The van der Waals surface area contributed by atoms with Gasteiger partial charge in [0.2, 0.25) is 5.91 Å². The van der Waals surface area contributed by atoms with Crippen LogP contribution >= 0.6 is 0 Å². The Morgan fingerprint density at radius 2 is 1.62 bits per heavy atom. The van der Waals surface area contributed by atoms with Gasteiger partial charge in [-0.1, -0.05) is 48.5 Å². The molecule has 1 aliphatic rings. The molecule has 1 atom stereocenters. The van der Waals surface area contributed by atoms with Crippen LogP contribution in [0, 0.1) is 0 Å². The molecule has 0 fully saturated rings. The van der Waals surface area contributed by atoms with Crippen LogP contribution in [-0.2, 0) is 19.1 Å². The van der Waals surface area contributed by atoms with E-state index in [-0.39, 0.29) is 31.5 Å². The van der Waals surface area contributed by atoms with Crippen LogP contribution in [0.3, 0.4) is 0 Å². The van der Waals surface area contributed by atoms with E-state index in [1.54, 1.807) is 0 Å². The van der Waals surface area contributed by atoms with Crippen molar-refractivity contribution >= 4 is 18.0 Å². The van der Waals surface area contributed by atoms with Gasteiger partial charge < -0.3 is 25.2 Å². The highest BCUT2D eigenvalue weighted by Gasteiger charge is 2.28. The van der Waals surface area contributed by atoms with Gasteiger partial charge in [-0.25, -0.2) is 9.59 Å². The van der Waals surface area contributed by atoms with Gasteiger partial charge in [-0.2, -0.15) is 0 Å². The quantitative estimate of drug-likeness (QED) is 0.463. The Hall–Kier alpha value is -3.39. The minimum absolute atomic E-state index is 0.00567. The Labute approximate surface area is 186 Å². The summed E-state index contributed by atoms with van der Waals surface area (Å²) in [6, 6.07) is 15.2. The van der Waals surface area contributed by atoms with Crippen molar-refractivity contribution in [3.63, 3.8) is 0 Å². The molecule has 0 bridgehead atoms. The number of hydrogen-bond donors (Lipinski definition) is 3. The van der Waals surface area contributed by atoms with E-state index in [0.29, 0.717) is 19.4 Å². The van der Waals surface area contributed by atoms with Gasteiger partial charge in [-0.3, -0.25) is 4.79 Å². The lowest BCUT2D eigenvalue weighted by atomic mass is 9.98. The summed E-state index contributed by atoms with van der Waals surface area (Å²) < 4.78 is 10.2. The Morgan fingerprint density at radius 3 is 2.22 bits per heavy atom. The van der Waals surface area contributed by atoms with Crippen molar-refractivity contribution < 1.29 is 29.0 Å². The zero-order chi connectivity index (χ0) is 22.9. The fraction of sp³-hybridized carbons (Fsp3) is 0.375. The van der Waals surface area contributed by atoms with Gasteiger partial charge in [-0.05, 0) is 35.1 Å². The first-order chi connectivity index (χ1) is 15.5. The van der Waals surface area contributed by atoms with E-state index >= 15 is 0 Å². The fourth-order valence-corrected chi connectivity index (χ4v) is 3.86. The predicted octanol–water partition coefficient (Wildman–Crippen LogP) is 2.91. The van der Waals surface area contributed by atoms with Crippen LogP contribution in [0.1, 0.15) is 36.3 Å². The third kappa shape index (κ3) is 5.85. The number of carbonyl (C=O) groups is 3. The number of alkyl carbamates (subject to hydrolysis) is 1. The van der Waals surface area contributed by atoms with Crippen LogP contribution < -0.4 is 10.6 Å². The molecular formula is C24H28N2O6. The average molecular weight is 440 g/mol. The molecule has 0 saturated carbocycles. The molecule has 32 heavy (non-hydrogen) atoms. The standard InChI is InChI=1S/C24H28N2O6/c1-31-15-21(23(28)29)26-22(27)12-6-7-13-25-24(30)32-14-20-18-10-4-2-8-16(18)17-9-3-5-11-19(17)20/h2-5,8-11,20-21H,6-7,12-15H2,1H3,(H,25,30)(H,26,27)(H,28,29). The van der Waals surface area contributed by atoms with Crippen molar-refractivity contribution in [1.82, 2.24) is 10.6 Å². The maximum atomic E-state index is 12.1. The normalized spacial score (nSPS) is 13.0. The third-order valence-electron chi connectivity index (χ3n) is 5.41. The lowest BCUT2D eigenvalue weighted by molar-refractivity contribution is -0.143. The summed E-state index contributed by atoms with van der Waals surface area (Å²) >= 11 is 0. The summed E-state index contributed by atoms with van der Waals surface area (Å²) in [6.07, 6.45) is 0.747. The van der Waals surface area contributed by atoms with Crippen LogP contribution in [0.2, 0.25) is 0 Å². The van der Waals surface area contributed by atoms with E-state index in [9.17, 15) is 14.4 Å². The molecule has 0 saturated heterocycles. The number of unbranched alkanes of at least 4 members (excludes halogenated alkanes) is 1. The number of carbonyl (C=O) groups excluding carboxylic acids is 2. The Morgan fingerprint density at radius 1 is 1.00 bits per heavy atom. The van der Waals surface area contributed by atoms with Crippen LogP contribution in [0.4, 0.5) is 4.79 Å². The Kier molecular flexibility index (Phi) is 8.21. The van der Waals surface area contributed by atoms with Gasteiger partial charge in [0.05, 0.1) is 6.61 Å². The number of carboxylic acid groups (broad SMARTS) is 1. The SMILES string of the molecule is COCC(NC(=O)CCCCNC(=O)OCC1c2ccccc2-c2ccccc21)C(=O)O. The van der Waals surface area contributed by atoms with E-state index in [4.69, 9.17) is 14.6 Å². The highest BCUT2D eigenvalue weighted by atomic mass is 16.5. The topological polar surface area (TPSA) is 114 Å². The van der Waals surface area contributed by atoms with Crippen LogP contribution in [0.5, 0.6) is 0 Å². The minimum atomic E-state index is -1.14. The maximum Gasteiger partial charge on any atom is 0.407 e. The van der Waals surface area contributed by atoms with Crippen molar-refractivity contribution in [1.29, 1.82) is 0 Å². The summed E-state index contributed by atoms with van der Waals surface area (Å²) in [5, 5.41) is 14.1. The summed E-state index contributed by atoms with van der Waals surface area (Å²) in [7, 11) is 1.37. The van der Waals surface area contributed by atoms with E-state index in [1.165, 1.54) is 18.2 Å². The van der Waals surface area contributed by atoms with Crippen molar-refractivity contribution in [2.24, 2.45) is 0 Å². The number of benzene rings is 2. The molecule has 170 valence electrons. The molecule has 0 aromatic heterocycles. The summed E-state index contributed by atoms with van der Waals surface area (Å²) in [4.78, 5) is 35.0. The van der Waals surface area contributed by atoms with Crippen molar-refractivity contribution in [3.05, 3.63) is 59.7 Å². The largest absolute Gasteiger partial charge is 0.480 e. The van der Waals surface area contributed by atoms with E-state index in [2.05, 4.69) is 34.9 Å². The number of amides is 2. The molecule has 0 heterocycles. The number of fused-ring (bicyclic) bond motifs is 3. The summed E-state index contributed by atoms with van der Waals surface area (Å²) in [5.74, 6) is -1.50.